The summed E-state index contributed by atoms with van der Waals surface area (Å²) >= 11 is 18.3. The van der Waals surface area contributed by atoms with Gasteiger partial charge in [0.25, 0.3) is 0 Å². The van der Waals surface area contributed by atoms with Crippen LogP contribution in [0.15, 0.2) is 68.1 Å². The van der Waals surface area contributed by atoms with Crippen molar-refractivity contribution in [3.8, 4) is 46.0 Å². The summed E-state index contributed by atoms with van der Waals surface area (Å²) in [6, 6.07) is 8.17. The average molecular weight is 921 g/mol. The summed E-state index contributed by atoms with van der Waals surface area (Å²) in [5.41, 5.74) is -0.573. The molecule has 0 fully saturated rings. The molecule has 0 saturated heterocycles. The molecule has 50 heavy (non-hydrogen) atoms. The summed E-state index contributed by atoms with van der Waals surface area (Å²) in [5.74, 6) is -8.70. The number of aromatic hydroxyl groups is 8. The number of benzene rings is 4. The van der Waals surface area contributed by atoms with Crippen LogP contribution in [-0.4, -0.2) is 103 Å². The molecule has 12 N–H and O–H groups in total. The molecule has 16 nitrogen and oxygen atoms in total. The minimum atomic E-state index is -1.20. The first kappa shape index (κ1) is 47.4. The standard InChI is InChI=1S/4C7H6O4S.Ag.Ge/c4*8-4-1-3(7(10)11)2-5(12)6(4)9;;/h4*1-2,8-9,12H,(H,10,11);;/q;;;;;+4/p-4. The number of hydrogen-bond donors (Lipinski definition) is 12. The first-order valence-corrected chi connectivity index (χ1v) is 13.6. The molecular formula is C28H20AgGeO16S4. The van der Waals surface area contributed by atoms with Gasteiger partial charge in [-0.25, -0.2) is 19.2 Å². The maximum Gasteiger partial charge on any atom is 4.00 e. The van der Waals surface area contributed by atoms with Crippen LogP contribution in [0.2, 0.25) is 0 Å². The van der Waals surface area contributed by atoms with Gasteiger partial charge in [0.15, 0.2) is 23.0 Å². The molecular weight excluding hydrogens is 901 g/mol. The van der Waals surface area contributed by atoms with Gasteiger partial charge in [-0.15, -0.1) is 19.6 Å². The number of phenols is 8. The Hall–Kier alpha value is -4.68. The van der Waals surface area contributed by atoms with Crippen molar-refractivity contribution in [2.45, 2.75) is 19.6 Å². The van der Waals surface area contributed by atoms with Gasteiger partial charge in [0.05, 0.1) is 22.3 Å². The van der Waals surface area contributed by atoms with E-state index in [1.165, 1.54) is 0 Å². The summed E-state index contributed by atoms with van der Waals surface area (Å²) in [7, 11) is 0. The molecule has 0 aliphatic heterocycles. The van der Waals surface area contributed by atoms with E-state index in [1.54, 1.807) is 0 Å². The fraction of sp³-hybridized carbons (Fsp3) is 0. The van der Waals surface area contributed by atoms with Crippen LogP contribution in [0.3, 0.4) is 0 Å². The van der Waals surface area contributed by atoms with Crippen LogP contribution in [0.4, 0.5) is 0 Å². The Kier molecular flexibility index (Phi) is 19.7. The van der Waals surface area contributed by atoms with Crippen molar-refractivity contribution in [1.82, 2.24) is 0 Å². The van der Waals surface area contributed by atoms with Gasteiger partial charge in [-0.3, -0.25) is 0 Å². The molecule has 22 heteroatoms. The van der Waals surface area contributed by atoms with E-state index >= 15 is 0 Å². The van der Waals surface area contributed by atoms with Crippen LogP contribution in [0.5, 0.6) is 46.0 Å². The van der Waals surface area contributed by atoms with E-state index in [0.717, 1.165) is 48.5 Å². The first-order chi connectivity index (χ1) is 22.1. The van der Waals surface area contributed by atoms with Gasteiger partial charge in [0.2, 0.25) is 0 Å². The summed E-state index contributed by atoms with van der Waals surface area (Å²) < 4.78 is 0. The molecule has 0 atom stereocenters. The van der Waals surface area contributed by atoms with Gasteiger partial charge in [-0.05, 0) is 24.3 Å². The zero-order valence-corrected chi connectivity index (χ0v) is 30.9. The van der Waals surface area contributed by atoms with Crippen molar-refractivity contribution < 1.29 is 103 Å². The number of hydrogen-bond acceptors (Lipinski definition) is 16. The molecule has 0 aromatic heterocycles. The van der Waals surface area contributed by atoms with Gasteiger partial charge in [0.1, 0.15) is 23.0 Å². The second-order valence-electron chi connectivity index (χ2n) is 8.59. The summed E-state index contributed by atoms with van der Waals surface area (Å²) in [6.07, 6.45) is 0. The van der Waals surface area contributed by atoms with Gasteiger partial charge in [-0.1, -0.05) is 24.3 Å². The van der Waals surface area contributed by atoms with Gasteiger partial charge >= 0.3 is 41.5 Å². The first-order valence-electron chi connectivity index (χ1n) is 11.9. The van der Waals surface area contributed by atoms with E-state index in [9.17, 15) is 19.2 Å². The van der Waals surface area contributed by atoms with Crippen molar-refractivity contribution in [2.75, 3.05) is 0 Å². The van der Waals surface area contributed by atoms with Gasteiger partial charge in [-0.2, -0.15) is 0 Å². The molecule has 4 rings (SSSR count). The SMILES string of the molecule is O=C(O)c1cc(O)c(O)c([S-])c1.O=C(O)c1cc(O)c(O)c([S-])c1.O=C(O)c1cc(O)c(O)c([S-])c1.O=C(O)c1cc(O)c(O)c([S-])c1.[Ag].[Ge+4]. The molecule has 4 aromatic rings. The van der Waals surface area contributed by atoms with Crippen LogP contribution >= 0.6 is 0 Å². The maximum absolute atomic E-state index is 10.4. The number of rotatable bonds is 4. The van der Waals surface area contributed by atoms with Gasteiger partial charge < -0.3 is 112 Å². The Bertz CT molecular complexity index is 1530. The molecule has 0 unspecified atom stereocenters. The molecule has 267 valence electrons. The van der Waals surface area contributed by atoms with Crippen LogP contribution in [0.25, 0.3) is 0 Å². The van der Waals surface area contributed by atoms with Crippen molar-refractivity contribution in [3.05, 3.63) is 70.8 Å². The largest absolute Gasteiger partial charge is 4.00 e. The third kappa shape index (κ3) is 13.7. The average Bonchev–Trinajstić information content (AvgIpc) is 2.99. The Morgan fingerprint density at radius 3 is 0.600 bits per heavy atom. The second-order valence-corrected chi connectivity index (χ2v) is 10.3. The number of phenolic OH excluding ortho intramolecular Hbond substituents is 8. The zero-order valence-electron chi connectivity index (χ0n) is 24.1. The van der Waals surface area contributed by atoms with Crippen LogP contribution in [0.1, 0.15) is 41.4 Å². The summed E-state index contributed by atoms with van der Waals surface area (Å²) in [5, 5.41) is 106. The third-order valence-corrected chi connectivity index (χ3v) is 6.45. The van der Waals surface area contributed by atoms with Gasteiger partial charge in [0, 0.05) is 22.4 Å². The monoisotopic (exact) mass is 921 g/mol. The van der Waals surface area contributed by atoms with E-state index in [2.05, 4.69) is 50.5 Å². The van der Waals surface area contributed by atoms with E-state index in [-0.39, 0.29) is 81.8 Å². The fourth-order valence-corrected chi connectivity index (χ4v) is 3.79. The Morgan fingerprint density at radius 1 is 0.360 bits per heavy atom. The van der Waals surface area contributed by atoms with Crippen LogP contribution < -0.4 is 0 Å². The Balaban J connectivity index is 0. The van der Waals surface area contributed by atoms with Crippen molar-refractivity contribution in [2.24, 2.45) is 0 Å². The number of carboxylic acids is 4. The van der Waals surface area contributed by atoms with Crippen molar-refractivity contribution in [1.29, 1.82) is 0 Å². The Labute approximate surface area is 329 Å². The fourth-order valence-electron chi connectivity index (χ4n) is 2.87. The molecule has 0 aliphatic rings. The van der Waals surface area contributed by atoms with E-state index in [0.29, 0.717) is 0 Å². The van der Waals surface area contributed by atoms with Crippen molar-refractivity contribution in [3.63, 3.8) is 0 Å². The molecule has 0 amide bonds. The topological polar surface area (TPSA) is 311 Å². The molecule has 0 aliphatic carbocycles. The molecule has 0 spiro atoms. The molecule has 4 aromatic carbocycles. The van der Waals surface area contributed by atoms with E-state index in [1.807, 2.05) is 0 Å². The Morgan fingerprint density at radius 2 is 0.500 bits per heavy atom. The number of carboxylic acid groups (broad SMARTS) is 4. The third-order valence-electron chi connectivity index (χ3n) is 5.21. The molecule has 1 radical (unpaired) electrons. The predicted molar refractivity (Wildman–Crippen MR) is 175 cm³/mol. The number of aromatic carboxylic acids is 4. The number of carbonyl (C=O) groups is 4. The second kappa shape index (κ2) is 20.7. The van der Waals surface area contributed by atoms with Crippen LogP contribution in [0, 0.1) is 0 Å². The van der Waals surface area contributed by atoms with Crippen LogP contribution in [-0.2, 0) is 72.9 Å². The summed E-state index contributed by atoms with van der Waals surface area (Å²) in [4.78, 5) is 41.2. The molecule has 0 saturated carbocycles. The van der Waals surface area contributed by atoms with Crippen molar-refractivity contribution >= 4 is 92.0 Å². The maximum atomic E-state index is 10.4. The predicted octanol–water partition coefficient (Wildman–Crippen LogP) is 2.42. The zero-order chi connectivity index (χ0) is 37.2. The molecule has 0 heterocycles. The minimum Gasteiger partial charge on any atom is -0.776 e. The minimum absolute atomic E-state index is 0. The normalized spacial score (nSPS) is 9.28. The summed E-state index contributed by atoms with van der Waals surface area (Å²) in [6.45, 7) is 0. The quantitative estimate of drug-likeness (QED) is 0.0795. The smallest absolute Gasteiger partial charge is 0.776 e. The molecule has 0 bridgehead atoms. The van der Waals surface area contributed by atoms with E-state index in [4.69, 9.17) is 61.3 Å². The van der Waals surface area contributed by atoms with E-state index < -0.39 is 69.9 Å².